The lowest BCUT2D eigenvalue weighted by molar-refractivity contribution is -0.385. The van der Waals surface area contributed by atoms with Crippen molar-refractivity contribution in [1.82, 2.24) is 10.2 Å². The Hall–Kier alpha value is -3.95. The van der Waals surface area contributed by atoms with Gasteiger partial charge < -0.3 is 20.3 Å². The number of nitro benzene ring substituents is 1. The van der Waals surface area contributed by atoms with Gasteiger partial charge in [-0.3, -0.25) is 24.5 Å². The minimum atomic E-state index is -0.549. The summed E-state index contributed by atoms with van der Waals surface area (Å²) in [6.07, 6.45) is 0. The fraction of sp³-hybridized carbons (Fsp3) is 0.348. The Morgan fingerprint density at radius 1 is 1.09 bits per heavy atom. The van der Waals surface area contributed by atoms with Gasteiger partial charge in [0.1, 0.15) is 5.75 Å². The fourth-order valence-corrected chi connectivity index (χ4v) is 3.07. The van der Waals surface area contributed by atoms with Gasteiger partial charge in [0.25, 0.3) is 11.6 Å². The molecule has 0 aromatic heterocycles. The van der Waals surface area contributed by atoms with E-state index in [1.807, 2.05) is 13.8 Å². The monoisotopic (exact) mass is 456 g/mol. The highest BCUT2D eigenvalue weighted by molar-refractivity contribution is 5.98. The number of carbonyl (C=O) groups excluding carboxylic acids is 3. The zero-order valence-corrected chi connectivity index (χ0v) is 19.1. The van der Waals surface area contributed by atoms with Crippen LogP contribution in [0.2, 0.25) is 0 Å². The Morgan fingerprint density at radius 2 is 1.76 bits per heavy atom. The maximum Gasteiger partial charge on any atom is 0.273 e. The minimum absolute atomic E-state index is 0.0561. The van der Waals surface area contributed by atoms with Gasteiger partial charge in [0.15, 0.2) is 0 Å². The summed E-state index contributed by atoms with van der Waals surface area (Å²) in [6.45, 7) is 5.07. The lowest BCUT2D eigenvalue weighted by atomic mass is 10.1. The molecule has 0 aliphatic carbocycles. The fourth-order valence-electron chi connectivity index (χ4n) is 3.07. The number of hydrogen-bond acceptors (Lipinski definition) is 6. The van der Waals surface area contributed by atoms with E-state index in [1.165, 1.54) is 30.2 Å². The maximum absolute atomic E-state index is 13.0. The molecule has 0 unspecified atom stereocenters. The van der Waals surface area contributed by atoms with Crippen molar-refractivity contribution in [2.75, 3.05) is 32.1 Å². The van der Waals surface area contributed by atoms with Crippen LogP contribution in [0, 0.1) is 23.0 Å². The van der Waals surface area contributed by atoms with Crippen molar-refractivity contribution in [3.63, 3.8) is 0 Å². The highest BCUT2D eigenvalue weighted by Crippen LogP contribution is 2.20. The van der Waals surface area contributed by atoms with Crippen LogP contribution in [0.5, 0.6) is 5.75 Å². The highest BCUT2D eigenvalue weighted by atomic mass is 16.6. The van der Waals surface area contributed by atoms with Crippen molar-refractivity contribution in [3.8, 4) is 5.75 Å². The van der Waals surface area contributed by atoms with Crippen molar-refractivity contribution in [2.45, 2.75) is 20.8 Å². The Morgan fingerprint density at radius 3 is 2.33 bits per heavy atom. The van der Waals surface area contributed by atoms with Crippen LogP contribution in [0.4, 0.5) is 11.4 Å². The predicted octanol–water partition coefficient (Wildman–Crippen LogP) is 2.76. The molecule has 2 rings (SSSR count). The summed E-state index contributed by atoms with van der Waals surface area (Å²) in [5.74, 6) is -0.736. The van der Waals surface area contributed by atoms with Crippen molar-refractivity contribution < 1.29 is 24.0 Å². The molecule has 2 N–H and O–H groups in total. The SMILES string of the molecule is COc1ccc(NC(=O)CNC(=O)CN(CC(C)C)C(=O)c2ccc(C)c([N+](=O)[O-])c2)cc1. The Balaban J connectivity index is 2.00. The number of nitrogens with one attached hydrogen (secondary N) is 2. The molecule has 0 aliphatic rings. The van der Waals surface area contributed by atoms with Gasteiger partial charge in [-0.05, 0) is 43.2 Å². The second-order valence-corrected chi connectivity index (χ2v) is 7.89. The summed E-state index contributed by atoms with van der Waals surface area (Å²) in [5, 5.41) is 16.4. The van der Waals surface area contributed by atoms with Crippen LogP contribution in [-0.4, -0.2) is 54.3 Å². The average Bonchev–Trinajstić information content (AvgIpc) is 2.77. The summed E-state index contributed by atoms with van der Waals surface area (Å²) in [5.41, 5.74) is 0.947. The highest BCUT2D eigenvalue weighted by Gasteiger charge is 2.23. The van der Waals surface area contributed by atoms with Gasteiger partial charge in [0.2, 0.25) is 11.8 Å². The van der Waals surface area contributed by atoms with Gasteiger partial charge in [0, 0.05) is 29.4 Å². The normalized spacial score (nSPS) is 10.5. The molecule has 176 valence electrons. The lowest BCUT2D eigenvalue weighted by Crippen LogP contribution is -2.44. The van der Waals surface area contributed by atoms with Crippen LogP contribution in [0.15, 0.2) is 42.5 Å². The molecule has 2 aromatic rings. The first kappa shape index (κ1) is 25.3. The van der Waals surface area contributed by atoms with E-state index in [1.54, 1.807) is 31.2 Å². The number of methoxy groups -OCH3 is 1. The van der Waals surface area contributed by atoms with Crippen molar-refractivity contribution in [2.24, 2.45) is 5.92 Å². The van der Waals surface area contributed by atoms with Gasteiger partial charge in [0.05, 0.1) is 25.1 Å². The molecule has 0 bridgehead atoms. The molecular weight excluding hydrogens is 428 g/mol. The molecule has 0 spiro atoms. The second kappa shape index (κ2) is 11.6. The molecule has 0 heterocycles. The van der Waals surface area contributed by atoms with E-state index >= 15 is 0 Å². The van der Waals surface area contributed by atoms with Gasteiger partial charge in [-0.1, -0.05) is 19.9 Å². The third-order valence-corrected chi connectivity index (χ3v) is 4.68. The van der Waals surface area contributed by atoms with Gasteiger partial charge in [-0.15, -0.1) is 0 Å². The number of ether oxygens (including phenoxy) is 1. The van der Waals surface area contributed by atoms with E-state index < -0.39 is 22.6 Å². The minimum Gasteiger partial charge on any atom is -0.497 e. The molecule has 0 saturated carbocycles. The van der Waals surface area contributed by atoms with E-state index in [0.717, 1.165) is 0 Å². The topological polar surface area (TPSA) is 131 Å². The van der Waals surface area contributed by atoms with E-state index in [4.69, 9.17) is 4.74 Å². The molecule has 33 heavy (non-hydrogen) atoms. The van der Waals surface area contributed by atoms with Crippen LogP contribution in [-0.2, 0) is 9.59 Å². The van der Waals surface area contributed by atoms with Crippen molar-refractivity contribution in [1.29, 1.82) is 0 Å². The zero-order chi connectivity index (χ0) is 24.5. The summed E-state index contributed by atoms with van der Waals surface area (Å²) >= 11 is 0. The standard InChI is InChI=1S/C23H28N4O6/c1-15(2)13-26(23(30)17-6-5-16(3)20(11-17)27(31)32)14-22(29)24-12-21(28)25-18-7-9-19(33-4)10-8-18/h5-11,15H,12-14H2,1-4H3,(H,24,29)(H,25,28). The van der Waals surface area contributed by atoms with Gasteiger partial charge in [-0.2, -0.15) is 0 Å². The molecule has 0 aliphatic heterocycles. The average molecular weight is 456 g/mol. The summed E-state index contributed by atoms with van der Waals surface area (Å²) in [4.78, 5) is 49.5. The van der Waals surface area contributed by atoms with Gasteiger partial charge in [-0.25, -0.2) is 0 Å². The first-order chi connectivity index (χ1) is 15.6. The summed E-state index contributed by atoms with van der Waals surface area (Å²) in [7, 11) is 1.54. The quantitative estimate of drug-likeness (QED) is 0.418. The van der Waals surface area contributed by atoms with E-state index in [0.29, 0.717) is 17.0 Å². The van der Waals surface area contributed by atoms with Crippen LogP contribution >= 0.6 is 0 Å². The number of carbonyl (C=O) groups is 3. The largest absolute Gasteiger partial charge is 0.497 e. The number of rotatable bonds is 10. The molecule has 10 heteroatoms. The molecule has 0 radical (unpaired) electrons. The van der Waals surface area contributed by atoms with E-state index in [-0.39, 0.29) is 36.8 Å². The maximum atomic E-state index is 13.0. The molecule has 2 aromatic carbocycles. The first-order valence-corrected chi connectivity index (χ1v) is 10.4. The number of amides is 3. The lowest BCUT2D eigenvalue weighted by Gasteiger charge is -2.24. The van der Waals surface area contributed by atoms with Crippen LogP contribution in [0.3, 0.4) is 0 Å². The molecule has 3 amide bonds. The van der Waals surface area contributed by atoms with Crippen LogP contribution < -0.4 is 15.4 Å². The van der Waals surface area contributed by atoms with E-state index in [9.17, 15) is 24.5 Å². The molecule has 0 fully saturated rings. The third-order valence-electron chi connectivity index (χ3n) is 4.68. The smallest absolute Gasteiger partial charge is 0.273 e. The molecule has 10 nitrogen and oxygen atoms in total. The number of nitrogens with zero attached hydrogens (tertiary/aromatic N) is 2. The third kappa shape index (κ3) is 7.60. The number of aryl methyl sites for hydroxylation is 1. The molecular formula is C23H28N4O6. The number of nitro groups is 1. The van der Waals surface area contributed by atoms with Crippen LogP contribution in [0.25, 0.3) is 0 Å². The second-order valence-electron chi connectivity index (χ2n) is 7.89. The summed E-state index contributed by atoms with van der Waals surface area (Å²) in [6, 6.07) is 10.9. The van der Waals surface area contributed by atoms with Crippen molar-refractivity contribution in [3.05, 3.63) is 63.7 Å². The Labute approximate surface area is 192 Å². The molecule has 0 atom stereocenters. The van der Waals surface area contributed by atoms with E-state index in [2.05, 4.69) is 10.6 Å². The zero-order valence-electron chi connectivity index (χ0n) is 19.1. The number of benzene rings is 2. The number of anilines is 1. The first-order valence-electron chi connectivity index (χ1n) is 10.4. The Kier molecular flexibility index (Phi) is 8.90. The van der Waals surface area contributed by atoms with Crippen LogP contribution in [0.1, 0.15) is 29.8 Å². The molecule has 0 saturated heterocycles. The van der Waals surface area contributed by atoms with Gasteiger partial charge >= 0.3 is 0 Å². The predicted molar refractivity (Wildman–Crippen MR) is 123 cm³/mol. The van der Waals surface area contributed by atoms with Crippen molar-refractivity contribution >= 4 is 29.1 Å². The number of hydrogen-bond donors (Lipinski definition) is 2. The summed E-state index contributed by atoms with van der Waals surface area (Å²) < 4.78 is 5.06. The Bertz CT molecular complexity index is 1020.